The van der Waals surface area contributed by atoms with Gasteiger partial charge in [0.2, 0.25) is 11.8 Å². The number of hydrogen-bond acceptors (Lipinski definition) is 8. The van der Waals surface area contributed by atoms with Crippen molar-refractivity contribution in [1.29, 1.82) is 0 Å². The van der Waals surface area contributed by atoms with Crippen LogP contribution in [0.15, 0.2) is 41.3 Å². The second-order valence-electron chi connectivity index (χ2n) is 13.8. The number of nitrogens with zero attached hydrogens (tertiary/aromatic N) is 7. The number of anilines is 1. The number of fused-ring (bicyclic) bond motifs is 3. The van der Waals surface area contributed by atoms with E-state index in [0.717, 1.165) is 63.6 Å². The third-order valence-electron chi connectivity index (χ3n) is 10.4. The summed E-state index contributed by atoms with van der Waals surface area (Å²) in [6.07, 6.45) is 11.6. The van der Waals surface area contributed by atoms with Crippen LogP contribution >= 0.6 is 15.9 Å². The molecule has 1 saturated carbocycles. The molecule has 0 radical (unpaired) electrons. The molecule has 7 rings (SSSR count). The highest BCUT2D eigenvalue weighted by molar-refractivity contribution is 9.10. The van der Waals surface area contributed by atoms with E-state index in [9.17, 15) is 18.8 Å². The zero-order valence-electron chi connectivity index (χ0n) is 27.8. The topological polar surface area (TPSA) is 126 Å². The lowest BCUT2D eigenvalue weighted by Crippen LogP contribution is -2.47. The summed E-state index contributed by atoms with van der Waals surface area (Å²) in [5.41, 5.74) is 2.89. The lowest BCUT2D eigenvalue weighted by molar-refractivity contribution is -0.138. The number of hydrogen-bond donors (Lipinski definition) is 1. The Morgan fingerprint density at radius 3 is 2.65 bits per heavy atom. The van der Waals surface area contributed by atoms with E-state index in [4.69, 9.17) is 0 Å². The Kier molecular flexibility index (Phi) is 9.31. The van der Waals surface area contributed by atoms with Crippen LogP contribution in [-0.4, -0.2) is 84.9 Å². The molecule has 1 aliphatic carbocycles. The van der Waals surface area contributed by atoms with Gasteiger partial charge >= 0.3 is 0 Å². The molecule has 3 aromatic heterocycles. The molecule has 11 nitrogen and oxygen atoms in total. The van der Waals surface area contributed by atoms with Crippen LogP contribution in [0.25, 0.3) is 22.0 Å². The number of halogens is 2. The van der Waals surface area contributed by atoms with Crippen molar-refractivity contribution in [3.8, 4) is 11.1 Å². The zero-order valence-corrected chi connectivity index (χ0v) is 29.4. The summed E-state index contributed by atoms with van der Waals surface area (Å²) in [6, 6.07) is 6.51. The van der Waals surface area contributed by atoms with Crippen molar-refractivity contribution in [2.24, 2.45) is 5.41 Å². The summed E-state index contributed by atoms with van der Waals surface area (Å²) in [4.78, 5) is 57.8. The van der Waals surface area contributed by atoms with Crippen LogP contribution in [-0.2, 0) is 29.2 Å². The summed E-state index contributed by atoms with van der Waals surface area (Å²) >= 11 is 3.45. The van der Waals surface area contributed by atoms with Gasteiger partial charge in [0.05, 0.1) is 5.52 Å². The van der Waals surface area contributed by atoms with E-state index < -0.39 is 12.7 Å². The van der Waals surface area contributed by atoms with Crippen molar-refractivity contribution in [1.82, 2.24) is 34.5 Å². The normalized spacial score (nSPS) is 23.2. The number of amides is 2. The van der Waals surface area contributed by atoms with Crippen molar-refractivity contribution in [3.63, 3.8) is 0 Å². The van der Waals surface area contributed by atoms with Crippen LogP contribution in [0.4, 0.5) is 10.2 Å². The SMILES string of the molecule is Cc1ncc(-c2cc(CF)c3c(c2)c(C=O)nn3CC(=O)N2[C@H]3C[C@]4(C[C@@H]24)CN(C)CCCCCCCc2ccc(Br)nc2NC3=O)cn1. The molecule has 5 heterocycles. The molecule has 0 unspecified atom stereocenters. The first kappa shape index (κ1) is 33.4. The zero-order chi connectivity index (χ0) is 34.3. The van der Waals surface area contributed by atoms with E-state index in [1.54, 1.807) is 36.4 Å². The Balaban J connectivity index is 1.22. The molecule has 1 N–H and O–H groups in total. The number of aromatic nitrogens is 5. The minimum atomic E-state index is -0.829. The Morgan fingerprint density at radius 1 is 1.10 bits per heavy atom. The van der Waals surface area contributed by atoms with Gasteiger partial charge in [0.15, 0.2) is 6.29 Å². The number of piperidine rings is 1. The first-order valence-electron chi connectivity index (χ1n) is 17.0. The van der Waals surface area contributed by atoms with E-state index in [0.29, 0.717) is 56.5 Å². The maximum absolute atomic E-state index is 14.6. The van der Waals surface area contributed by atoms with E-state index in [1.807, 2.05) is 12.1 Å². The van der Waals surface area contributed by atoms with Crippen molar-refractivity contribution in [2.75, 3.05) is 25.5 Å². The Morgan fingerprint density at radius 2 is 1.88 bits per heavy atom. The second kappa shape index (κ2) is 13.7. The van der Waals surface area contributed by atoms with Gasteiger partial charge in [-0.25, -0.2) is 19.3 Å². The predicted molar refractivity (Wildman–Crippen MR) is 187 cm³/mol. The van der Waals surface area contributed by atoms with Crippen molar-refractivity contribution in [2.45, 2.75) is 83.6 Å². The number of nitrogens with one attached hydrogen (secondary N) is 1. The lowest BCUT2D eigenvalue weighted by atomic mass is 9.98. The minimum absolute atomic E-state index is 0.107. The van der Waals surface area contributed by atoms with Crippen LogP contribution < -0.4 is 5.32 Å². The molecular weight excluding hydrogens is 691 g/mol. The number of likely N-dealkylation sites (tertiary alicyclic amines) is 1. The lowest BCUT2D eigenvalue weighted by Gasteiger charge is -2.27. The number of benzene rings is 1. The molecule has 1 aromatic carbocycles. The van der Waals surface area contributed by atoms with Crippen molar-refractivity contribution < 1.29 is 18.8 Å². The summed E-state index contributed by atoms with van der Waals surface area (Å²) < 4.78 is 16.7. The summed E-state index contributed by atoms with van der Waals surface area (Å²) in [5.74, 6) is 0.556. The number of alkyl halides is 1. The van der Waals surface area contributed by atoms with Crippen LogP contribution in [0, 0.1) is 12.3 Å². The second-order valence-corrected chi connectivity index (χ2v) is 14.6. The van der Waals surface area contributed by atoms with Crippen LogP contribution in [0.1, 0.15) is 72.4 Å². The molecular formula is C36H40BrFN8O3. The van der Waals surface area contributed by atoms with E-state index in [-0.39, 0.29) is 35.5 Å². The number of aryl methyl sites for hydroxylation is 2. The predicted octanol–water partition coefficient (Wildman–Crippen LogP) is 5.68. The average molecular weight is 732 g/mol. The number of carbonyl (C=O) groups is 3. The van der Waals surface area contributed by atoms with Gasteiger partial charge in [-0.2, -0.15) is 5.10 Å². The molecule has 3 aliphatic rings. The number of pyridine rings is 1. The third-order valence-corrected chi connectivity index (χ3v) is 10.8. The van der Waals surface area contributed by atoms with E-state index in [2.05, 4.69) is 53.2 Å². The first-order valence-corrected chi connectivity index (χ1v) is 17.8. The van der Waals surface area contributed by atoms with Crippen molar-refractivity contribution in [3.05, 3.63) is 63.9 Å². The average Bonchev–Trinajstić information content (AvgIpc) is 3.49. The Labute approximate surface area is 292 Å². The van der Waals surface area contributed by atoms with Crippen molar-refractivity contribution >= 4 is 50.8 Å². The Hall–Kier alpha value is -4.10. The Bertz CT molecular complexity index is 1920. The van der Waals surface area contributed by atoms with Gasteiger partial charge in [0, 0.05) is 46.9 Å². The molecule has 2 aliphatic heterocycles. The highest BCUT2D eigenvalue weighted by atomic mass is 79.9. The maximum atomic E-state index is 14.6. The molecule has 13 heteroatoms. The molecule has 49 heavy (non-hydrogen) atoms. The number of carbonyl (C=O) groups excluding carboxylic acids is 3. The number of aldehydes is 1. The molecule has 256 valence electrons. The molecule has 2 amide bonds. The quantitative estimate of drug-likeness (QED) is 0.206. The fraction of sp³-hybridized carbons (Fsp3) is 0.472. The van der Waals surface area contributed by atoms with Gasteiger partial charge in [-0.15, -0.1) is 0 Å². The van der Waals surface area contributed by atoms with Gasteiger partial charge in [-0.05, 0) is 97.9 Å². The molecule has 3 atom stereocenters. The molecule has 1 saturated heterocycles. The maximum Gasteiger partial charge on any atom is 0.248 e. The van der Waals surface area contributed by atoms with Gasteiger partial charge in [-0.1, -0.05) is 25.3 Å². The highest BCUT2D eigenvalue weighted by Gasteiger charge is 2.67. The minimum Gasteiger partial charge on any atom is -0.325 e. The smallest absolute Gasteiger partial charge is 0.248 e. The van der Waals surface area contributed by atoms with E-state index in [1.165, 1.54) is 4.68 Å². The standard InChI is InChI=1S/C36H40BrFN8O3/c1-22-39-17-26(18-40-22)24-12-25(16-38)33-27(13-24)28(20-47)43-45(33)19-32(48)46-29-14-36(15-30(36)46)21-44(2)11-7-5-3-4-6-8-23-9-10-31(37)41-34(23)42-35(29)49/h9-10,12-13,17-18,20,29-30H,3-8,11,14-16,19,21H2,1-2H3,(H,41,42,49)/t29-,30+,36-/m0/s1. The third kappa shape index (κ3) is 6.62. The summed E-state index contributed by atoms with van der Waals surface area (Å²) in [5, 5.41) is 8.00. The summed E-state index contributed by atoms with van der Waals surface area (Å²) in [6.45, 7) is 2.47. The van der Waals surface area contributed by atoms with Gasteiger partial charge in [-0.3, -0.25) is 19.1 Å². The molecule has 2 fully saturated rings. The van der Waals surface area contributed by atoms with Crippen LogP contribution in [0.3, 0.4) is 0 Å². The van der Waals surface area contributed by atoms with Gasteiger partial charge in [0.1, 0.15) is 41.2 Å². The molecule has 4 aromatic rings. The van der Waals surface area contributed by atoms with Crippen LogP contribution in [0.5, 0.6) is 0 Å². The largest absolute Gasteiger partial charge is 0.325 e. The van der Waals surface area contributed by atoms with Crippen LogP contribution in [0.2, 0.25) is 0 Å². The highest BCUT2D eigenvalue weighted by Crippen LogP contribution is 2.60. The fourth-order valence-corrected chi connectivity index (χ4v) is 8.22. The molecule has 1 spiro atoms. The van der Waals surface area contributed by atoms with Gasteiger partial charge < -0.3 is 15.1 Å². The molecule has 2 bridgehead atoms. The van der Waals surface area contributed by atoms with Gasteiger partial charge in [0.25, 0.3) is 0 Å². The fourth-order valence-electron chi connectivity index (χ4n) is 7.91. The summed E-state index contributed by atoms with van der Waals surface area (Å²) in [7, 11) is 2.12. The number of rotatable bonds is 5. The van der Waals surface area contributed by atoms with E-state index >= 15 is 0 Å². The first-order chi connectivity index (χ1) is 23.7. The monoisotopic (exact) mass is 730 g/mol.